The van der Waals surface area contributed by atoms with E-state index in [1.165, 1.54) is 31.1 Å². The smallest absolute Gasteiger partial charge is 0.409 e. The molecule has 2 N–H and O–H groups in total. The molecule has 0 aromatic heterocycles. The topological polar surface area (TPSA) is 156 Å². The van der Waals surface area contributed by atoms with Crippen molar-refractivity contribution >= 4 is 53.8 Å². The summed E-state index contributed by atoms with van der Waals surface area (Å²) in [5.74, 6) is -1.56. The molecule has 3 heterocycles. The number of rotatable bonds is 8. The highest BCUT2D eigenvalue weighted by atomic mass is 35.5. The number of esters is 1. The van der Waals surface area contributed by atoms with Gasteiger partial charge < -0.3 is 38.6 Å². The predicted molar refractivity (Wildman–Crippen MR) is 199 cm³/mol. The first-order valence-corrected chi connectivity index (χ1v) is 18.3. The molecule has 3 aliphatic heterocycles. The molecule has 15 heteroatoms. The van der Waals surface area contributed by atoms with Gasteiger partial charge in [-0.15, -0.1) is 0 Å². The normalized spacial score (nSPS) is 31.6. The van der Waals surface area contributed by atoms with Crippen LogP contribution in [0.4, 0.5) is 10.5 Å². The number of hydrogen-bond donors (Lipinski definition) is 3. The molecule has 0 radical (unpaired) electrons. The number of aliphatic hydroxyl groups is 1. The summed E-state index contributed by atoms with van der Waals surface area (Å²) in [6.45, 7) is 8.88. The molecule has 13 nitrogen and oxygen atoms in total. The molecule has 2 fully saturated rings. The summed E-state index contributed by atoms with van der Waals surface area (Å²) >= 11 is 11.1. The lowest BCUT2D eigenvalue weighted by Gasteiger charge is -2.42. The zero-order valence-electron chi connectivity index (χ0n) is 31.3. The van der Waals surface area contributed by atoms with E-state index in [2.05, 4.69) is 17.9 Å². The van der Waals surface area contributed by atoms with Gasteiger partial charge in [0.2, 0.25) is 11.8 Å². The Morgan fingerprint density at radius 1 is 1.25 bits per heavy atom. The van der Waals surface area contributed by atoms with Crippen LogP contribution in [0.25, 0.3) is 0 Å². The molecule has 0 saturated carbocycles. The molecule has 9 atom stereocenters. The van der Waals surface area contributed by atoms with Crippen molar-refractivity contribution in [3.05, 3.63) is 46.5 Å². The van der Waals surface area contributed by atoms with Crippen LogP contribution in [0.2, 0.25) is 5.02 Å². The van der Waals surface area contributed by atoms with Crippen molar-refractivity contribution in [2.75, 3.05) is 33.2 Å². The number of methoxy groups -OCH3 is 2. The van der Waals surface area contributed by atoms with Crippen molar-refractivity contribution in [2.24, 2.45) is 5.92 Å². The second-order valence-corrected chi connectivity index (χ2v) is 15.6. The number of epoxide rings is 1. The molecular weight excluding hydrogens is 714 g/mol. The first-order chi connectivity index (χ1) is 24.3. The van der Waals surface area contributed by atoms with E-state index < -0.39 is 65.7 Å². The van der Waals surface area contributed by atoms with E-state index in [-0.39, 0.29) is 35.4 Å². The predicted octanol–water partition coefficient (Wildman–Crippen LogP) is 4.61. The third-order valence-corrected chi connectivity index (χ3v) is 10.9. The Morgan fingerprint density at radius 3 is 2.58 bits per heavy atom. The number of carbonyl (C=O) groups is 4. The number of carbonyl (C=O) groups excluding carboxylic acids is 4. The van der Waals surface area contributed by atoms with Crippen LogP contribution in [0.1, 0.15) is 65.9 Å². The van der Waals surface area contributed by atoms with Crippen molar-refractivity contribution in [1.82, 2.24) is 10.2 Å². The minimum Gasteiger partial charge on any atom is -0.495 e. The van der Waals surface area contributed by atoms with E-state index in [1.807, 2.05) is 19.9 Å². The molecule has 0 spiro atoms. The van der Waals surface area contributed by atoms with E-state index in [1.54, 1.807) is 52.1 Å². The third kappa shape index (κ3) is 9.25. The van der Waals surface area contributed by atoms with E-state index in [4.69, 9.17) is 35.3 Å². The molecule has 0 aliphatic carbocycles. The zero-order valence-corrected chi connectivity index (χ0v) is 33.0. The fraction of sp³-hybridized carbons (Fsp3) is 0.622. The Labute approximate surface area is 316 Å². The lowest BCUT2D eigenvalue weighted by Crippen LogP contribution is -2.63. The molecule has 288 valence electrons. The Hall–Kier alpha value is -3.30. The summed E-state index contributed by atoms with van der Waals surface area (Å²) in [7, 11) is 6.02. The van der Waals surface area contributed by atoms with Crippen molar-refractivity contribution in [2.45, 2.75) is 114 Å². The van der Waals surface area contributed by atoms with Crippen LogP contribution in [0.3, 0.4) is 0 Å². The summed E-state index contributed by atoms with van der Waals surface area (Å²) in [4.78, 5) is 56.2. The van der Waals surface area contributed by atoms with Gasteiger partial charge in [0.25, 0.3) is 0 Å². The number of benzene rings is 1. The van der Waals surface area contributed by atoms with Gasteiger partial charge in [-0.1, -0.05) is 49.2 Å². The second kappa shape index (κ2) is 16.8. The maximum absolute atomic E-state index is 14.1. The molecule has 2 saturated heterocycles. The number of alkyl carbamates (subject to hydrolysis) is 1. The number of nitrogens with one attached hydrogen (secondary N) is 1. The highest BCUT2D eigenvalue weighted by Crippen LogP contribution is 2.49. The number of amides is 3. The maximum Gasteiger partial charge on any atom is 0.409 e. The molecule has 4 rings (SSSR count). The van der Waals surface area contributed by atoms with E-state index in [9.17, 15) is 24.3 Å². The van der Waals surface area contributed by atoms with Crippen LogP contribution >= 0.6 is 24.2 Å². The highest BCUT2D eigenvalue weighted by Gasteiger charge is 2.64. The standard InChI is InChI=1S/C37H52ClN3O10S/c1-20-11-10-12-28(48-9)37(46)19-27(49-35(45)39-37)22(3)33-36(5,51-33)29(50-34(44)23(4)40(6)30(42)14-13-21(2)52)18-31(43)41(7)25-16-24(15-20)17-26(47-8)32(25)38/h10-12,16-17,21-23,27-29,33,46,52H,13-15,18-19H2,1-9H3,(H,39,45)/b12-10?,20-11-/t21?,22-,23+,27+,28-,29?,33+,36+,37+/m1/s1. The van der Waals surface area contributed by atoms with Gasteiger partial charge in [-0.25, -0.2) is 9.59 Å². The van der Waals surface area contributed by atoms with Crippen molar-refractivity contribution in [3.8, 4) is 5.75 Å². The highest BCUT2D eigenvalue weighted by molar-refractivity contribution is 7.80. The largest absolute Gasteiger partial charge is 0.495 e. The average molecular weight is 766 g/mol. The number of halogens is 1. The number of anilines is 1. The Kier molecular flexibility index (Phi) is 13.4. The second-order valence-electron chi connectivity index (χ2n) is 14.3. The summed E-state index contributed by atoms with van der Waals surface area (Å²) in [6, 6.07) is 2.61. The van der Waals surface area contributed by atoms with Gasteiger partial charge in [0, 0.05) is 40.0 Å². The number of allylic oxidation sites excluding steroid dienone is 3. The average Bonchev–Trinajstić information content (AvgIpc) is 3.79. The first kappa shape index (κ1) is 41.5. The van der Waals surface area contributed by atoms with Gasteiger partial charge >= 0.3 is 12.1 Å². The number of nitrogens with zero attached hydrogens (tertiary/aromatic N) is 2. The number of thiol groups is 1. The Balaban J connectivity index is 1.75. The molecule has 1 aromatic rings. The number of hydrogen-bond acceptors (Lipinski definition) is 11. The van der Waals surface area contributed by atoms with Crippen molar-refractivity contribution < 1.29 is 48.0 Å². The maximum atomic E-state index is 14.1. The fourth-order valence-electron chi connectivity index (χ4n) is 6.73. The van der Waals surface area contributed by atoms with E-state index in [0.717, 1.165) is 11.1 Å². The lowest BCUT2D eigenvalue weighted by atomic mass is 9.83. The SMILES string of the molecule is COc1cc2cc(c1Cl)N(C)C(=O)CC(OC(=O)[C@H](C)N(C)C(=O)CCC(C)S)[C@]1(C)O[C@H]1[C@H](C)[C@@H]1C[C@@](O)(NC(=O)O1)[C@H](OC)C=C/C=C(/C)C2. The number of likely N-dealkylation sites (N-methyl/N-ethyl adjacent to an activating group) is 1. The zero-order chi connectivity index (χ0) is 38.7. The summed E-state index contributed by atoms with van der Waals surface area (Å²) in [5, 5.41) is 14.5. The Morgan fingerprint density at radius 2 is 1.94 bits per heavy atom. The molecule has 4 bridgehead atoms. The van der Waals surface area contributed by atoms with Gasteiger partial charge in [0.1, 0.15) is 40.7 Å². The van der Waals surface area contributed by atoms with Crippen LogP contribution in [-0.2, 0) is 39.8 Å². The van der Waals surface area contributed by atoms with Crippen LogP contribution in [0.5, 0.6) is 5.75 Å². The van der Waals surface area contributed by atoms with Crippen LogP contribution < -0.4 is 15.0 Å². The van der Waals surface area contributed by atoms with Gasteiger partial charge in [0.15, 0.2) is 5.72 Å². The quantitative estimate of drug-likeness (QED) is 0.194. The number of ether oxygens (including phenoxy) is 5. The Bertz CT molecular complexity index is 1590. The van der Waals surface area contributed by atoms with Gasteiger partial charge in [-0.2, -0.15) is 12.6 Å². The third-order valence-electron chi connectivity index (χ3n) is 10.3. The monoisotopic (exact) mass is 765 g/mol. The fourth-order valence-corrected chi connectivity index (χ4v) is 7.17. The van der Waals surface area contributed by atoms with Crippen LogP contribution in [-0.4, -0.2) is 109 Å². The van der Waals surface area contributed by atoms with E-state index in [0.29, 0.717) is 24.3 Å². The minimum atomic E-state index is -1.82. The van der Waals surface area contributed by atoms with Gasteiger partial charge in [0.05, 0.1) is 25.3 Å². The summed E-state index contributed by atoms with van der Waals surface area (Å²) in [6.07, 6.45) is 1.69. The molecule has 3 aliphatic rings. The summed E-state index contributed by atoms with van der Waals surface area (Å²) in [5.41, 5.74) is -0.906. The lowest BCUT2D eigenvalue weighted by molar-refractivity contribution is -0.162. The first-order valence-electron chi connectivity index (χ1n) is 17.4. The molecule has 1 aromatic carbocycles. The van der Waals surface area contributed by atoms with Crippen molar-refractivity contribution in [1.29, 1.82) is 0 Å². The molecule has 2 unspecified atom stereocenters. The number of fused-ring (bicyclic) bond motifs is 5. The molecule has 52 heavy (non-hydrogen) atoms. The van der Waals surface area contributed by atoms with E-state index >= 15 is 0 Å². The van der Waals surface area contributed by atoms with Gasteiger partial charge in [-0.3, -0.25) is 14.9 Å². The molecule has 3 amide bonds. The summed E-state index contributed by atoms with van der Waals surface area (Å²) < 4.78 is 29.2. The van der Waals surface area contributed by atoms with Crippen molar-refractivity contribution in [3.63, 3.8) is 0 Å². The molecular formula is C37H52ClN3O10S. The van der Waals surface area contributed by atoms with Crippen LogP contribution in [0.15, 0.2) is 35.9 Å². The minimum absolute atomic E-state index is 0.00636. The van der Waals surface area contributed by atoms with Gasteiger partial charge in [-0.05, 0) is 56.6 Å². The van der Waals surface area contributed by atoms with Crippen LogP contribution in [0, 0.1) is 5.92 Å².